The van der Waals surface area contributed by atoms with E-state index in [1.54, 1.807) is 0 Å². The van der Waals surface area contributed by atoms with Crippen LogP contribution in [0.3, 0.4) is 0 Å². The van der Waals surface area contributed by atoms with Crippen molar-refractivity contribution in [2.45, 2.75) is 31.0 Å². The monoisotopic (exact) mass is 494 g/mol. The summed E-state index contributed by atoms with van der Waals surface area (Å²) in [6, 6.07) is 15.4. The largest absolute Gasteiger partial charge is 0.479 e. The van der Waals surface area contributed by atoms with Gasteiger partial charge in [-0.2, -0.15) is 13.2 Å². The van der Waals surface area contributed by atoms with Gasteiger partial charge in [0.1, 0.15) is 6.61 Å². The summed E-state index contributed by atoms with van der Waals surface area (Å²) in [5.74, 6) is -4.93. The van der Waals surface area contributed by atoms with E-state index in [1.165, 1.54) is 0 Å². The number of hydrogen-bond donors (Lipinski definition) is 4. The van der Waals surface area contributed by atoms with E-state index in [-0.39, 0.29) is 19.1 Å². The first-order valence-corrected chi connectivity index (χ1v) is 10.9. The summed E-state index contributed by atoms with van der Waals surface area (Å²) in [5, 5.41) is 21.9. The van der Waals surface area contributed by atoms with Crippen molar-refractivity contribution in [2.24, 2.45) is 5.92 Å². The second-order valence-corrected chi connectivity index (χ2v) is 8.14. The fourth-order valence-corrected chi connectivity index (χ4v) is 3.97. The van der Waals surface area contributed by atoms with Crippen LogP contribution < -0.4 is 10.6 Å². The van der Waals surface area contributed by atoms with Gasteiger partial charge in [0.2, 0.25) is 5.91 Å². The highest BCUT2D eigenvalue weighted by Gasteiger charge is 2.40. The highest BCUT2D eigenvalue weighted by molar-refractivity contribution is 5.79. The van der Waals surface area contributed by atoms with Crippen molar-refractivity contribution >= 4 is 18.0 Å². The SMILES string of the molecule is O=C(CC(CCNC(=O)OCC1c2ccccc2-c2ccccc21)C(F)(F)F)NC[C@H](O)C(=O)O. The maximum Gasteiger partial charge on any atom is 0.407 e. The number of amides is 2. The van der Waals surface area contributed by atoms with Crippen molar-refractivity contribution in [3.8, 4) is 11.1 Å². The predicted molar refractivity (Wildman–Crippen MR) is 119 cm³/mol. The predicted octanol–water partition coefficient (Wildman–Crippen LogP) is 3.05. The molecule has 8 nitrogen and oxygen atoms in total. The summed E-state index contributed by atoms with van der Waals surface area (Å²) in [6.45, 7) is -1.08. The van der Waals surface area contributed by atoms with E-state index in [1.807, 2.05) is 53.8 Å². The molecule has 1 aliphatic rings. The van der Waals surface area contributed by atoms with Crippen molar-refractivity contribution in [1.29, 1.82) is 0 Å². The lowest BCUT2D eigenvalue weighted by Gasteiger charge is -2.20. The number of carboxylic acid groups (broad SMARTS) is 1. The molecule has 1 unspecified atom stereocenters. The van der Waals surface area contributed by atoms with E-state index < -0.39 is 55.6 Å². The first-order chi connectivity index (χ1) is 16.6. The molecule has 2 atom stereocenters. The Morgan fingerprint density at radius 3 is 2.09 bits per heavy atom. The number of alkyl halides is 3. The van der Waals surface area contributed by atoms with Gasteiger partial charge in [-0.05, 0) is 28.7 Å². The standard InChI is InChI=1S/C24H25F3N2O6/c25-24(26,27)14(11-21(31)29-12-20(30)22(32)33)9-10-28-23(34)35-13-19-17-7-3-1-5-15(17)16-6-2-4-8-18(16)19/h1-8,14,19-20,30H,9-13H2,(H,28,34)(H,29,31)(H,32,33)/t14?,20-/m0/s1. The van der Waals surface area contributed by atoms with Gasteiger partial charge < -0.3 is 25.6 Å². The van der Waals surface area contributed by atoms with Gasteiger partial charge in [-0.3, -0.25) is 4.79 Å². The number of carbonyl (C=O) groups excluding carboxylic acids is 2. The number of carboxylic acids is 1. The number of alkyl carbamates (subject to hydrolysis) is 1. The second-order valence-electron chi connectivity index (χ2n) is 8.14. The highest BCUT2D eigenvalue weighted by Crippen LogP contribution is 2.44. The molecule has 0 saturated heterocycles. The van der Waals surface area contributed by atoms with Crippen LogP contribution in [0.2, 0.25) is 0 Å². The first-order valence-electron chi connectivity index (χ1n) is 10.9. The van der Waals surface area contributed by atoms with Gasteiger partial charge in [0.15, 0.2) is 6.10 Å². The molecule has 0 radical (unpaired) electrons. The Kier molecular flexibility index (Phi) is 8.34. The third-order valence-corrected chi connectivity index (χ3v) is 5.78. The topological polar surface area (TPSA) is 125 Å². The fourth-order valence-electron chi connectivity index (χ4n) is 3.97. The van der Waals surface area contributed by atoms with Gasteiger partial charge in [0.05, 0.1) is 12.5 Å². The van der Waals surface area contributed by atoms with Crippen LogP contribution in [0.15, 0.2) is 48.5 Å². The molecule has 0 fully saturated rings. The van der Waals surface area contributed by atoms with Crippen LogP contribution in [0.5, 0.6) is 0 Å². The zero-order chi connectivity index (χ0) is 25.6. The lowest BCUT2D eigenvalue weighted by molar-refractivity contribution is -0.180. The molecule has 2 amide bonds. The molecular formula is C24H25F3N2O6. The van der Waals surface area contributed by atoms with Crippen molar-refractivity contribution in [3.05, 3.63) is 59.7 Å². The molecule has 0 aliphatic heterocycles. The molecule has 4 N–H and O–H groups in total. The Hall–Kier alpha value is -3.60. The number of carbonyl (C=O) groups is 3. The summed E-state index contributed by atoms with van der Waals surface area (Å²) < 4.78 is 45.2. The van der Waals surface area contributed by atoms with Crippen LogP contribution in [-0.4, -0.2) is 60.2 Å². The van der Waals surface area contributed by atoms with Crippen LogP contribution in [0.4, 0.5) is 18.0 Å². The summed E-state index contributed by atoms with van der Waals surface area (Å²) in [5.41, 5.74) is 4.08. The number of aliphatic carboxylic acids is 1. The van der Waals surface area contributed by atoms with Gasteiger partial charge in [-0.25, -0.2) is 9.59 Å². The molecule has 0 saturated carbocycles. The fraction of sp³-hybridized carbons (Fsp3) is 0.375. The number of hydrogen-bond acceptors (Lipinski definition) is 5. The quantitative estimate of drug-likeness (QED) is 0.403. The van der Waals surface area contributed by atoms with Crippen molar-refractivity contribution in [2.75, 3.05) is 19.7 Å². The van der Waals surface area contributed by atoms with E-state index in [9.17, 15) is 27.6 Å². The second kappa shape index (κ2) is 11.2. The molecule has 3 rings (SSSR count). The van der Waals surface area contributed by atoms with Crippen LogP contribution in [0.25, 0.3) is 11.1 Å². The summed E-state index contributed by atoms with van der Waals surface area (Å²) in [6.07, 6.45) is -9.06. The minimum atomic E-state index is -4.72. The Balaban J connectivity index is 1.49. The third-order valence-electron chi connectivity index (χ3n) is 5.78. The van der Waals surface area contributed by atoms with Crippen LogP contribution >= 0.6 is 0 Å². The van der Waals surface area contributed by atoms with Gasteiger partial charge in [0.25, 0.3) is 0 Å². The minimum Gasteiger partial charge on any atom is -0.479 e. The number of benzene rings is 2. The molecule has 0 bridgehead atoms. The van der Waals surface area contributed by atoms with E-state index in [2.05, 4.69) is 5.32 Å². The number of fused-ring (bicyclic) bond motifs is 3. The lowest BCUT2D eigenvalue weighted by atomic mass is 9.98. The van der Waals surface area contributed by atoms with Crippen LogP contribution in [0, 0.1) is 5.92 Å². The average molecular weight is 494 g/mol. The molecule has 2 aromatic carbocycles. The molecule has 35 heavy (non-hydrogen) atoms. The van der Waals surface area contributed by atoms with Crippen molar-refractivity contribution in [1.82, 2.24) is 10.6 Å². The zero-order valence-corrected chi connectivity index (χ0v) is 18.5. The Morgan fingerprint density at radius 1 is 0.971 bits per heavy atom. The number of rotatable bonds is 10. The number of aliphatic hydroxyl groups excluding tert-OH is 1. The van der Waals surface area contributed by atoms with Gasteiger partial charge >= 0.3 is 18.2 Å². The highest BCUT2D eigenvalue weighted by atomic mass is 19.4. The first kappa shape index (κ1) is 26.0. The summed E-state index contributed by atoms with van der Waals surface area (Å²) in [4.78, 5) is 34.4. The van der Waals surface area contributed by atoms with Gasteiger partial charge in [-0.15, -0.1) is 0 Å². The Bertz CT molecular complexity index is 1030. The number of ether oxygens (including phenoxy) is 1. The van der Waals surface area contributed by atoms with Gasteiger partial charge in [0, 0.05) is 18.9 Å². The summed E-state index contributed by atoms with van der Waals surface area (Å²) >= 11 is 0. The molecule has 0 heterocycles. The molecular weight excluding hydrogens is 469 g/mol. The van der Waals surface area contributed by atoms with E-state index in [4.69, 9.17) is 14.9 Å². The molecule has 188 valence electrons. The smallest absolute Gasteiger partial charge is 0.407 e. The normalized spacial score (nSPS) is 14.4. The lowest BCUT2D eigenvalue weighted by Crippen LogP contribution is -2.39. The maximum absolute atomic E-state index is 13.3. The van der Waals surface area contributed by atoms with Crippen LogP contribution in [0.1, 0.15) is 29.9 Å². The minimum absolute atomic E-state index is 0.0108. The number of aliphatic hydroxyl groups is 1. The third kappa shape index (κ3) is 6.72. The Morgan fingerprint density at radius 2 is 1.54 bits per heavy atom. The molecule has 1 aliphatic carbocycles. The zero-order valence-electron chi connectivity index (χ0n) is 18.5. The van der Waals surface area contributed by atoms with Crippen molar-refractivity contribution in [3.63, 3.8) is 0 Å². The summed E-state index contributed by atoms with van der Waals surface area (Å²) in [7, 11) is 0. The maximum atomic E-state index is 13.3. The molecule has 0 aromatic heterocycles. The van der Waals surface area contributed by atoms with Crippen LogP contribution in [-0.2, 0) is 14.3 Å². The van der Waals surface area contributed by atoms with Crippen molar-refractivity contribution < 1.29 is 42.5 Å². The van der Waals surface area contributed by atoms with Gasteiger partial charge in [-0.1, -0.05) is 48.5 Å². The molecule has 11 heteroatoms. The van der Waals surface area contributed by atoms with E-state index in [0.29, 0.717) is 0 Å². The van der Waals surface area contributed by atoms with E-state index in [0.717, 1.165) is 22.3 Å². The van der Waals surface area contributed by atoms with E-state index >= 15 is 0 Å². The number of nitrogens with one attached hydrogen (secondary N) is 2. The molecule has 0 spiro atoms. The number of halogens is 3. The Labute approximate surface area is 199 Å². The average Bonchev–Trinajstić information content (AvgIpc) is 3.13. The molecule has 2 aromatic rings.